The van der Waals surface area contributed by atoms with E-state index >= 15 is 0 Å². The normalized spacial score (nSPS) is 10.5. The summed E-state index contributed by atoms with van der Waals surface area (Å²) in [5.74, 6) is 0.751. The Kier molecular flexibility index (Phi) is 8.34. The number of para-hydroxylation sites is 1. The summed E-state index contributed by atoms with van der Waals surface area (Å²) in [6.45, 7) is 5.50. The fourth-order valence-corrected chi connectivity index (χ4v) is 2.61. The molecule has 1 amide bonds. The molecule has 0 unspecified atom stereocenters. The van der Waals surface area contributed by atoms with Gasteiger partial charge in [0.2, 0.25) is 5.91 Å². The monoisotopic (exact) mass is 385 g/mol. The predicted octanol–water partition coefficient (Wildman–Crippen LogP) is 3.75. The number of hydrogen-bond donors (Lipinski definition) is 2. The van der Waals surface area contributed by atoms with E-state index in [0.29, 0.717) is 25.7 Å². The third-order valence-corrected chi connectivity index (χ3v) is 4.13. The highest BCUT2D eigenvalue weighted by Gasteiger charge is 2.07. The number of carboxylic acids is 1. The summed E-state index contributed by atoms with van der Waals surface area (Å²) in [7, 11) is 0. The minimum atomic E-state index is -0.978. The van der Waals surface area contributed by atoms with E-state index in [2.05, 4.69) is 25.2 Å². The smallest absolute Gasteiger partial charge is 0.303 e. The zero-order chi connectivity index (χ0) is 20.4. The lowest BCUT2D eigenvalue weighted by Gasteiger charge is -2.14. The SMILES string of the molecule is CC(C)c1ccccc1OCCOc1ccc(CNC(=O)CCC(=O)O)cc1. The largest absolute Gasteiger partial charge is 0.490 e. The van der Waals surface area contributed by atoms with Crippen molar-refractivity contribution in [3.8, 4) is 11.5 Å². The average molecular weight is 385 g/mol. The summed E-state index contributed by atoms with van der Waals surface area (Å²) < 4.78 is 11.5. The maximum absolute atomic E-state index is 11.5. The number of benzene rings is 2. The molecule has 0 aromatic heterocycles. The van der Waals surface area contributed by atoms with Crippen LogP contribution in [0.15, 0.2) is 48.5 Å². The number of carbonyl (C=O) groups excluding carboxylic acids is 1. The van der Waals surface area contributed by atoms with Crippen LogP contribution >= 0.6 is 0 Å². The first-order valence-electron chi connectivity index (χ1n) is 9.37. The van der Waals surface area contributed by atoms with E-state index in [4.69, 9.17) is 14.6 Å². The van der Waals surface area contributed by atoms with Gasteiger partial charge in [-0.05, 0) is 35.2 Å². The summed E-state index contributed by atoms with van der Waals surface area (Å²) in [6.07, 6.45) is -0.182. The van der Waals surface area contributed by atoms with E-state index in [9.17, 15) is 9.59 Å². The molecule has 0 spiro atoms. The Hall–Kier alpha value is -3.02. The topological polar surface area (TPSA) is 84.9 Å². The van der Waals surface area contributed by atoms with Crippen LogP contribution in [-0.2, 0) is 16.1 Å². The summed E-state index contributed by atoms with van der Waals surface area (Å²) in [4.78, 5) is 22.0. The molecule has 0 aliphatic carbocycles. The Bertz CT molecular complexity index is 771. The Labute approximate surface area is 165 Å². The molecule has 0 fully saturated rings. The lowest BCUT2D eigenvalue weighted by atomic mass is 10.0. The maximum Gasteiger partial charge on any atom is 0.303 e. The minimum Gasteiger partial charge on any atom is -0.490 e. The summed E-state index contributed by atoms with van der Waals surface area (Å²) in [6, 6.07) is 15.4. The third-order valence-electron chi connectivity index (χ3n) is 4.13. The van der Waals surface area contributed by atoms with Gasteiger partial charge < -0.3 is 19.9 Å². The van der Waals surface area contributed by atoms with Gasteiger partial charge in [-0.2, -0.15) is 0 Å². The number of nitrogens with one attached hydrogen (secondary N) is 1. The molecule has 0 atom stereocenters. The summed E-state index contributed by atoms with van der Waals surface area (Å²) in [5.41, 5.74) is 2.09. The fourth-order valence-electron chi connectivity index (χ4n) is 2.61. The lowest BCUT2D eigenvalue weighted by Crippen LogP contribution is -2.23. The summed E-state index contributed by atoms with van der Waals surface area (Å²) in [5, 5.41) is 11.3. The summed E-state index contributed by atoms with van der Waals surface area (Å²) >= 11 is 0. The Morgan fingerprint density at radius 1 is 0.964 bits per heavy atom. The number of aliphatic carboxylic acids is 1. The number of amides is 1. The van der Waals surface area contributed by atoms with Crippen molar-refractivity contribution in [2.45, 2.75) is 39.2 Å². The predicted molar refractivity (Wildman–Crippen MR) is 107 cm³/mol. The molecule has 0 aliphatic heterocycles. The molecule has 0 heterocycles. The highest BCUT2D eigenvalue weighted by molar-refractivity contribution is 5.80. The van der Waals surface area contributed by atoms with Crippen molar-refractivity contribution in [2.75, 3.05) is 13.2 Å². The first-order chi connectivity index (χ1) is 13.5. The van der Waals surface area contributed by atoms with Crippen molar-refractivity contribution in [3.05, 3.63) is 59.7 Å². The molecule has 2 N–H and O–H groups in total. The van der Waals surface area contributed by atoms with E-state index in [1.807, 2.05) is 42.5 Å². The van der Waals surface area contributed by atoms with E-state index in [1.54, 1.807) is 0 Å². The molecule has 2 aromatic carbocycles. The van der Waals surface area contributed by atoms with Crippen molar-refractivity contribution < 1.29 is 24.2 Å². The van der Waals surface area contributed by atoms with Crippen LogP contribution in [0.25, 0.3) is 0 Å². The fraction of sp³-hybridized carbons (Fsp3) is 0.364. The van der Waals surface area contributed by atoms with Crippen molar-refractivity contribution >= 4 is 11.9 Å². The van der Waals surface area contributed by atoms with Gasteiger partial charge in [0.1, 0.15) is 24.7 Å². The van der Waals surface area contributed by atoms with Crippen molar-refractivity contribution in [3.63, 3.8) is 0 Å². The molecule has 0 bridgehead atoms. The van der Waals surface area contributed by atoms with Crippen molar-refractivity contribution in [1.29, 1.82) is 0 Å². The zero-order valence-electron chi connectivity index (χ0n) is 16.3. The van der Waals surface area contributed by atoms with E-state index in [1.165, 1.54) is 5.56 Å². The second-order valence-corrected chi connectivity index (χ2v) is 6.70. The van der Waals surface area contributed by atoms with Crippen molar-refractivity contribution in [2.24, 2.45) is 0 Å². The number of hydrogen-bond acceptors (Lipinski definition) is 4. The van der Waals surface area contributed by atoms with Crippen molar-refractivity contribution in [1.82, 2.24) is 5.32 Å². The average Bonchev–Trinajstić information content (AvgIpc) is 2.69. The standard InChI is InChI=1S/C22H27NO5/c1-16(2)19-5-3-4-6-20(19)28-14-13-27-18-9-7-17(8-10-18)15-23-21(24)11-12-22(25)26/h3-10,16H,11-15H2,1-2H3,(H,23,24)(H,25,26). The molecule has 2 rings (SSSR count). The first-order valence-corrected chi connectivity index (χ1v) is 9.37. The highest BCUT2D eigenvalue weighted by Crippen LogP contribution is 2.25. The van der Waals surface area contributed by atoms with Gasteiger partial charge in [0.15, 0.2) is 0 Å². The van der Waals surface area contributed by atoms with Crippen LogP contribution in [0.5, 0.6) is 11.5 Å². The number of carboxylic acid groups (broad SMARTS) is 1. The molecule has 0 aliphatic rings. The molecule has 6 nitrogen and oxygen atoms in total. The zero-order valence-corrected chi connectivity index (χ0v) is 16.3. The second kappa shape index (κ2) is 11.0. The molecular weight excluding hydrogens is 358 g/mol. The van der Waals surface area contributed by atoms with Gasteiger partial charge in [0, 0.05) is 13.0 Å². The van der Waals surface area contributed by atoms with E-state index in [0.717, 1.165) is 17.1 Å². The van der Waals surface area contributed by atoms with Crippen LogP contribution in [0.2, 0.25) is 0 Å². The van der Waals surface area contributed by atoms with Crippen LogP contribution in [0.1, 0.15) is 43.7 Å². The number of carbonyl (C=O) groups is 2. The molecule has 0 saturated heterocycles. The molecule has 2 aromatic rings. The second-order valence-electron chi connectivity index (χ2n) is 6.70. The highest BCUT2D eigenvalue weighted by atomic mass is 16.5. The Morgan fingerprint density at radius 2 is 1.64 bits per heavy atom. The lowest BCUT2D eigenvalue weighted by molar-refractivity contribution is -0.138. The molecule has 150 valence electrons. The van der Waals surface area contributed by atoms with Crippen LogP contribution in [0, 0.1) is 0 Å². The number of rotatable bonds is 11. The first kappa shape index (κ1) is 21.3. The third kappa shape index (κ3) is 7.31. The van der Waals surface area contributed by atoms with E-state index in [-0.39, 0.29) is 18.7 Å². The van der Waals surface area contributed by atoms with Gasteiger partial charge in [0.05, 0.1) is 6.42 Å². The van der Waals surface area contributed by atoms with Crippen LogP contribution < -0.4 is 14.8 Å². The molecule has 0 saturated carbocycles. The van der Waals surface area contributed by atoms with Gasteiger partial charge in [-0.15, -0.1) is 0 Å². The van der Waals surface area contributed by atoms with Gasteiger partial charge >= 0.3 is 5.97 Å². The van der Waals surface area contributed by atoms with Gasteiger partial charge in [-0.3, -0.25) is 9.59 Å². The van der Waals surface area contributed by atoms with Gasteiger partial charge in [0.25, 0.3) is 0 Å². The maximum atomic E-state index is 11.5. The van der Waals surface area contributed by atoms with Crippen LogP contribution in [0.3, 0.4) is 0 Å². The molecule has 28 heavy (non-hydrogen) atoms. The molecular formula is C22H27NO5. The number of ether oxygens (including phenoxy) is 2. The quantitative estimate of drug-likeness (QED) is 0.576. The Morgan fingerprint density at radius 3 is 2.32 bits per heavy atom. The minimum absolute atomic E-state index is 0.0174. The Balaban J connectivity index is 1.71. The van der Waals surface area contributed by atoms with E-state index < -0.39 is 5.97 Å². The van der Waals surface area contributed by atoms with Gasteiger partial charge in [-0.1, -0.05) is 44.2 Å². The molecule has 0 radical (unpaired) electrons. The van der Waals surface area contributed by atoms with Crippen LogP contribution in [-0.4, -0.2) is 30.2 Å². The molecule has 6 heteroatoms. The van der Waals surface area contributed by atoms with Crippen LogP contribution in [0.4, 0.5) is 0 Å². The van der Waals surface area contributed by atoms with Gasteiger partial charge in [-0.25, -0.2) is 0 Å².